The summed E-state index contributed by atoms with van der Waals surface area (Å²) in [5, 5.41) is 11.4. The number of nitrogens with zero attached hydrogens (tertiary/aromatic N) is 2. The summed E-state index contributed by atoms with van der Waals surface area (Å²) in [4.78, 5) is 0. The van der Waals surface area contributed by atoms with Crippen LogP contribution in [0.3, 0.4) is 0 Å². The van der Waals surface area contributed by atoms with Crippen molar-refractivity contribution in [2.24, 2.45) is 0 Å². The average molecular weight is 322 g/mol. The van der Waals surface area contributed by atoms with E-state index in [1.54, 1.807) is 0 Å². The zero-order valence-electron chi connectivity index (χ0n) is 11.0. The molecule has 100 valence electrons. The quantitative estimate of drug-likeness (QED) is 0.916. The van der Waals surface area contributed by atoms with Crippen LogP contribution in [0.25, 0.3) is 0 Å². The molecular formula is C14H16BrN3O. The molecule has 2 rings (SSSR count). The summed E-state index contributed by atoms with van der Waals surface area (Å²) in [6.45, 7) is 5.69. The van der Waals surface area contributed by atoms with Crippen LogP contribution in [0, 0.1) is 6.92 Å². The van der Waals surface area contributed by atoms with E-state index in [1.165, 1.54) is 0 Å². The van der Waals surface area contributed by atoms with Crippen LogP contribution < -0.4 is 10.1 Å². The van der Waals surface area contributed by atoms with Crippen molar-refractivity contribution in [1.82, 2.24) is 15.5 Å². The van der Waals surface area contributed by atoms with Crippen molar-refractivity contribution in [2.75, 3.05) is 6.54 Å². The number of hydrogen-bond acceptors (Lipinski definition) is 4. The highest BCUT2D eigenvalue weighted by atomic mass is 79.9. The molecule has 4 nitrogen and oxygen atoms in total. The number of hydrogen-bond donors (Lipinski definition) is 1. The molecule has 0 radical (unpaired) electrons. The van der Waals surface area contributed by atoms with E-state index in [1.807, 2.05) is 37.3 Å². The Balaban J connectivity index is 2.08. The first-order valence-electron chi connectivity index (χ1n) is 6.16. The fraction of sp³-hybridized carbons (Fsp3) is 0.286. The third kappa shape index (κ3) is 4.01. The van der Waals surface area contributed by atoms with Gasteiger partial charge in [0.15, 0.2) is 0 Å². The lowest BCUT2D eigenvalue weighted by molar-refractivity contribution is 0.449. The Morgan fingerprint density at radius 1 is 1.21 bits per heavy atom. The predicted octanol–water partition coefficient (Wildman–Crippen LogP) is 3.45. The highest BCUT2D eigenvalue weighted by Crippen LogP contribution is 2.26. The number of rotatable bonds is 5. The van der Waals surface area contributed by atoms with E-state index in [0.717, 1.165) is 34.6 Å². The van der Waals surface area contributed by atoms with Gasteiger partial charge in [-0.05, 0) is 37.2 Å². The molecule has 0 spiro atoms. The minimum Gasteiger partial charge on any atom is -0.437 e. The van der Waals surface area contributed by atoms with Crippen LogP contribution in [0.15, 0.2) is 34.8 Å². The van der Waals surface area contributed by atoms with Crippen molar-refractivity contribution in [1.29, 1.82) is 0 Å². The molecule has 0 amide bonds. The molecule has 0 saturated heterocycles. The van der Waals surface area contributed by atoms with E-state index in [4.69, 9.17) is 4.74 Å². The normalized spacial score (nSPS) is 10.5. The summed E-state index contributed by atoms with van der Waals surface area (Å²) in [6, 6.07) is 9.64. The monoisotopic (exact) mass is 321 g/mol. The Morgan fingerprint density at radius 3 is 2.74 bits per heavy atom. The van der Waals surface area contributed by atoms with Crippen LogP contribution in [-0.2, 0) is 6.54 Å². The van der Waals surface area contributed by atoms with Crippen LogP contribution >= 0.6 is 15.9 Å². The minimum atomic E-state index is 0.501. The number of aryl methyl sites for hydroxylation is 1. The maximum absolute atomic E-state index is 5.73. The number of halogens is 1. The van der Waals surface area contributed by atoms with Gasteiger partial charge in [0, 0.05) is 17.1 Å². The van der Waals surface area contributed by atoms with Crippen molar-refractivity contribution in [3.8, 4) is 11.6 Å². The van der Waals surface area contributed by atoms with Gasteiger partial charge in [-0.2, -0.15) is 5.10 Å². The van der Waals surface area contributed by atoms with Crippen LogP contribution in [0.4, 0.5) is 0 Å². The fourth-order valence-electron chi connectivity index (χ4n) is 1.55. The molecule has 5 heteroatoms. The zero-order valence-corrected chi connectivity index (χ0v) is 12.6. The molecule has 1 aromatic heterocycles. The molecule has 0 aliphatic heterocycles. The van der Waals surface area contributed by atoms with Gasteiger partial charge in [0.05, 0.1) is 5.69 Å². The van der Waals surface area contributed by atoms with Gasteiger partial charge in [-0.25, -0.2) is 0 Å². The minimum absolute atomic E-state index is 0.501. The smallest absolute Gasteiger partial charge is 0.238 e. The standard InChI is InChI=1S/C14H16BrN3O/c1-3-16-9-12-6-7-14(18-17-12)19-13-8-11(15)5-4-10(13)2/h4-8,16H,3,9H2,1-2H3. The number of benzene rings is 1. The summed E-state index contributed by atoms with van der Waals surface area (Å²) in [6.07, 6.45) is 0. The zero-order chi connectivity index (χ0) is 13.7. The lowest BCUT2D eigenvalue weighted by Gasteiger charge is -2.08. The molecule has 0 fully saturated rings. The Labute approximate surface area is 121 Å². The maximum Gasteiger partial charge on any atom is 0.238 e. The SMILES string of the molecule is CCNCc1ccc(Oc2cc(Br)ccc2C)nn1. The Morgan fingerprint density at radius 2 is 2.05 bits per heavy atom. The first kappa shape index (κ1) is 14.0. The lowest BCUT2D eigenvalue weighted by atomic mass is 10.2. The Kier molecular flexibility index (Phi) is 4.87. The summed E-state index contributed by atoms with van der Waals surface area (Å²) in [5.41, 5.74) is 1.96. The van der Waals surface area contributed by atoms with E-state index in [-0.39, 0.29) is 0 Å². The molecule has 1 N–H and O–H groups in total. The molecule has 0 saturated carbocycles. The van der Waals surface area contributed by atoms with E-state index >= 15 is 0 Å². The molecule has 0 bridgehead atoms. The van der Waals surface area contributed by atoms with E-state index in [2.05, 4.69) is 38.4 Å². The molecule has 2 aromatic rings. The lowest BCUT2D eigenvalue weighted by Crippen LogP contribution is -2.13. The van der Waals surface area contributed by atoms with Crippen molar-refractivity contribution >= 4 is 15.9 Å². The first-order chi connectivity index (χ1) is 9.19. The molecule has 0 aliphatic rings. The van der Waals surface area contributed by atoms with Gasteiger partial charge < -0.3 is 10.1 Å². The maximum atomic E-state index is 5.73. The second kappa shape index (κ2) is 6.63. The van der Waals surface area contributed by atoms with Crippen molar-refractivity contribution in [2.45, 2.75) is 20.4 Å². The largest absolute Gasteiger partial charge is 0.437 e. The summed E-state index contributed by atoms with van der Waals surface area (Å²) in [5.74, 6) is 1.28. The van der Waals surface area contributed by atoms with Gasteiger partial charge in [-0.15, -0.1) is 5.10 Å². The van der Waals surface area contributed by atoms with Crippen molar-refractivity contribution < 1.29 is 4.74 Å². The molecule has 0 atom stereocenters. The van der Waals surface area contributed by atoms with Crippen molar-refractivity contribution in [3.05, 3.63) is 46.1 Å². The third-order valence-corrected chi connectivity index (χ3v) is 3.11. The summed E-state index contributed by atoms with van der Waals surface area (Å²) in [7, 11) is 0. The highest BCUT2D eigenvalue weighted by molar-refractivity contribution is 9.10. The van der Waals surface area contributed by atoms with E-state index in [0.29, 0.717) is 5.88 Å². The highest BCUT2D eigenvalue weighted by Gasteiger charge is 2.04. The summed E-state index contributed by atoms with van der Waals surface area (Å²) >= 11 is 3.43. The van der Waals surface area contributed by atoms with Gasteiger partial charge in [-0.3, -0.25) is 0 Å². The average Bonchev–Trinajstić information content (AvgIpc) is 2.42. The first-order valence-corrected chi connectivity index (χ1v) is 6.95. The van der Waals surface area contributed by atoms with Crippen LogP contribution in [-0.4, -0.2) is 16.7 Å². The van der Waals surface area contributed by atoms with Gasteiger partial charge >= 0.3 is 0 Å². The molecule has 1 aromatic carbocycles. The molecule has 0 unspecified atom stereocenters. The second-order valence-corrected chi connectivity index (χ2v) is 5.07. The van der Waals surface area contributed by atoms with E-state index in [9.17, 15) is 0 Å². The molecular weight excluding hydrogens is 306 g/mol. The van der Waals surface area contributed by atoms with Gasteiger partial charge in [0.2, 0.25) is 5.88 Å². The van der Waals surface area contributed by atoms with Gasteiger partial charge in [0.25, 0.3) is 0 Å². The Hall–Kier alpha value is -1.46. The predicted molar refractivity (Wildman–Crippen MR) is 78.4 cm³/mol. The number of ether oxygens (including phenoxy) is 1. The molecule has 0 aliphatic carbocycles. The van der Waals surface area contributed by atoms with Crippen molar-refractivity contribution in [3.63, 3.8) is 0 Å². The Bertz CT molecular complexity index is 543. The fourth-order valence-corrected chi connectivity index (χ4v) is 1.89. The molecule has 1 heterocycles. The second-order valence-electron chi connectivity index (χ2n) is 4.16. The molecule has 19 heavy (non-hydrogen) atoms. The van der Waals surface area contributed by atoms with E-state index < -0.39 is 0 Å². The third-order valence-electron chi connectivity index (χ3n) is 2.62. The number of nitrogens with one attached hydrogen (secondary N) is 1. The topological polar surface area (TPSA) is 47.0 Å². The summed E-state index contributed by atoms with van der Waals surface area (Å²) < 4.78 is 6.70. The van der Waals surface area contributed by atoms with Gasteiger partial charge in [0.1, 0.15) is 5.75 Å². The number of aromatic nitrogens is 2. The van der Waals surface area contributed by atoms with Crippen LogP contribution in [0.1, 0.15) is 18.2 Å². The van der Waals surface area contributed by atoms with Crippen LogP contribution in [0.2, 0.25) is 0 Å². The van der Waals surface area contributed by atoms with Crippen LogP contribution in [0.5, 0.6) is 11.6 Å². The van der Waals surface area contributed by atoms with Gasteiger partial charge in [-0.1, -0.05) is 28.9 Å².